The molecule has 0 bridgehead atoms. The molecule has 0 aromatic heterocycles. The molecule has 0 aliphatic carbocycles. The zero-order valence-electron chi connectivity index (χ0n) is 15.2. The Morgan fingerprint density at radius 3 is 2.42 bits per heavy atom. The lowest BCUT2D eigenvalue weighted by Gasteiger charge is -2.33. The van der Waals surface area contributed by atoms with Crippen LogP contribution in [0.15, 0.2) is 54.6 Å². The average molecular weight is 353 g/mol. The van der Waals surface area contributed by atoms with Crippen LogP contribution in [0, 0.1) is 0 Å². The Balaban J connectivity index is 1.57. The van der Waals surface area contributed by atoms with Crippen molar-refractivity contribution in [2.24, 2.45) is 0 Å². The van der Waals surface area contributed by atoms with Crippen LogP contribution in [-0.2, 0) is 25.4 Å². The summed E-state index contributed by atoms with van der Waals surface area (Å²) in [5.41, 5.74) is 1.04. The van der Waals surface area contributed by atoms with Crippen molar-refractivity contribution in [1.82, 2.24) is 4.90 Å². The van der Waals surface area contributed by atoms with Crippen LogP contribution in [0.5, 0.6) is 5.75 Å². The highest BCUT2D eigenvalue weighted by Gasteiger charge is 2.68. The first kappa shape index (κ1) is 16.3. The zero-order valence-corrected chi connectivity index (χ0v) is 15.2. The van der Waals surface area contributed by atoms with E-state index in [1.807, 2.05) is 36.4 Å². The molecule has 5 atom stereocenters. The predicted octanol–water partition coefficient (Wildman–Crippen LogP) is 3.20. The maximum Gasteiger partial charge on any atom is 0.149 e. The van der Waals surface area contributed by atoms with Crippen LogP contribution >= 0.6 is 0 Å². The highest BCUT2D eigenvalue weighted by atomic mass is 16.7. The maximum atomic E-state index is 6.67. The van der Waals surface area contributed by atoms with E-state index in [4.69, 9.17) is 18.9 Å². The number of hydrogen-bond acceptors (Lipinski definition) is 5. The van der Waals surface area contributed by atoms with E-state index in [9.17, 15) is 0 Å². The van der Waals surface area contributed by atoms with Gasteiger partial charge in [-0.3, -0.25) is 0 Å². The summed E-state index contributed by atoms with van der Waals surface area (Å²) in [7, 11) is 1.68. The SMILES string of the molecule is COc1cccc([C@@]2(C)O[C@@H]3CO[C@H]4N3[C@@H]2O[C@]4(C)c2ccccc2)c1. The smallest absolute Gasteiger partial charge is 0.149 e. The second kappa shape index (κ2) is 5.54. The lowest BCUT2D eigenvalue weighted by Crippen LogP contribution is -2.40. The topological polar surface area (TPSA) is 40.2 Å². The molecule has 2 aromatic rings. The standard InChI is InChI=1S/C21H23NO4/c1-20(14-8-5-4-6-9-14)18-22-17(13-24-18)25-21(2,19(22)26-20)15-10-7-11-16(12-15)23-3/h4-12,17-19H,13H2,1-3H3/t17-,18-,19-,20-,21-/m1/s1. The Labute approximate surface area is 153 Å². The van der Waals surface area contributed by atoms with Gasteiger partial charge in [0.05, 0.1) is 13.7 Å². The Morgan fingerprint density at radius 2 is 1.65 bits per heavy atom. The molecule has 3 aliphatic rings. The zero-order chi connectivity index (χ0) is 17.9. The highest BCUT2D eigenvalue weighted by molar-refractivity contribution is 5.35. The normalized spacial score (nSPS) is 38.5. The Hall–Kier alpha value is -1.92. The lowest BCUT2D eigenvalue weighted by atomic mass is 9.94. The van der Waals surface area contributed by atoms with Gasteiger partial charge in [0.15, 0.2) is 0 Å². The monoisotopic (exact) mass is 353 g/mol. The van der Waals surface area contributed by atoms with Crippen molar-refractivity contribution in [3.8, 4) is 5.75 Å². The molecular weight excluding hydrogens is 330 g/mol. The molecule has 0 amide bonds. The number of methoxy groups -OCH3 is 1. The van der Waals surface area contributed by atoms with Crippen LogP contribution in [0.1, 0.15) is 25.0 Å². The van der Waals surface area contributed by atoms with Crippen molar-refractivity contribution in [3.05, 3.63) is 65.7 Å². The summed E-state index contributed by atoms with van der Waals surface area (Å²) < 4.78 is 24.6. The number of ether oxygens (including phenoxy) is 4. The molecule has 136 valence electrons. The van der Waals surface area contributed by atoms with Gasteiger partial charge in [0.2, 0.25) is 0 Å². The summed E-state index contributed by atoms with van der Waals surface area (Å²) in [6, 6.07) is 18.3. The summed E-state index contributed by atoms with van der Waals surface area (Å²) in [6.07, 6.45) is -0.489. The van der Waals surface area contributed by atoms with Gasteiger partial charge >= 0.3 is 0 Å². The molecule has 5 nitrogen and oxygen atoms in total. The Bertz CT molecular complexity index is 828. The van der Waals surface area contributed by atoms with E-state index in [-0.39, 0.29) is 18.7 Å². The summed E-state index contributed by atoms with van der Waals surface area (Å²) in [4.78, 5) is 2.24. The third-order valence-electron chi connectivity index (χ3n) is 5.94. The van der Waals surface area contributed by atoms with E-state index in [0.717, 1.165) is 16.9 Å². The molecule has 0 saturated carbocycles. The van der Waals surface area contributed by atoms with E-state index in [1.165, 1.54) is 0 Å². The second-order valence-corrected chi connectivity index (χ2v) is 7.49. The molecule has 3 aliphatic heterocycles. The molecule has 3 fully saturated rings. The van der Waals surface area contributed by atoms with E-state index in [1.54, 1.807) is 7.11 Å². The van der Waals surface area contributed by atoms with Gasteiger partial charge in [-0.2, -0.15) is 0 Å². The lowest BCUT2D eigenvalue weighted by molar-refractivity contribution is -0.138. The molecule has 2 aromatic carbocycles. The third-order valence-corrected chi connectivity index (χ3v) is 5.94. The minimum Gasteiger partial charge on any atom is -0.497 e. The number of hydrogen-bond donors (Lipinski definition) is 0. The van der Waals surface area contributed by atoms with Gasteiger partial charge in [-0.25, -0.2) is 4.90 Å². The van der Waals surface area contributed by atoms with E-state index < -0.39 is 11.2 Å². The molecule has 3 heterocycles. The predicted molar refractivity (Wildman–Crippen MR) is 95.5 cm³/mol. The fourth-order valence-corrected chi connectivity index (χ4v) is 4.52. The Morgan fingerprint density at radius 1 is 0.923 bits per heavy atom. The first-order chi connectivity index (χ1) is 12.6. The fraction of sp³-hybridized carbons (Fsp3) is 0.429. The van der Waals surface area contributed by atoms with Gasteiger partial charge in [0.25, 0.3) is 0 Å². The van der Waals surface area contributed by atoms with E-state index in [2.05, 4.69) is 36.9 Å². The molecule has 5 rings (SSSR count). The molecule has 5 heteroatoms. The van der Waals surface area contributed by atoms with Gasteiger partial charge in [-0.1, -0.05) is 42.5 Å². The van der Waals surface area contributed by atoms with Crippen molar-refractivity contribution >= 4 is 0 Å². The largest absolute Gasteiger partial charge is 0.497 e. The van der Waals surface area contributed by atoms with Gasteiger partial charge in [-0.05, 0) is 37.1 Å². The summed E-state index contributed by atoms with van der Waals surface area (Å²) in [6.45, 7) is 4.75. The van der Waals surface area contributed by atoms with Crippen LogP contribution in [0.2, 0.25) is 0 Å². The van der Waals surface area contributed by atoms with Crippen LogP contribution in [0.4, 0.5) is 0 Å². The van der Waals surface area contributed by atoms with Crippen molar-refractivity contribution in [1.29, 1.82) is 0 Å². The highest BCUT2D eigenvalue weighted by Crippen LogP contribution is 2.55. The van der Waals surface area contributed by atoms with Crippen LogP contribution in [0.25, 0.3) is 0 Å². The molecule has 0 N–H and O–H groups in total. The number of nitrogens with zero attached hydrogens (tertiary/aromatic N) is 1. The summed E-state index contributed by atoms with van der Waals surface area (Å²) in [5, 5.41) is 0. The van der Waals surface area contributed by atoms with E-state index >= 15 is 0 Å². The van der Waals surface area contributed by atoms with Gasteiger partial charge in [0, 0.05) is 0 Å². The van der Waals surface area contributed by atoms with E-state index in [0.29, 0.717) is 6.61 Å². The molecule has 0 spiro atoms. The minimum atomic E-state index is -0.590. The minimum absolute atomic E-state index is 0.105. The van der Waals surface area contributed by atoms with Crippen LogP contribution in [0.3, 0.4) is 0 Å². The van der Waals surface area contributed by atoms with Gasteiger partial charge in [0.1, 0.15) is 35.6 Å². The first-order valence-electron chi connectivity index (χ1n) is 9.01. The summed E-state index contributed by atoms with van der Waals surface area (Å²) >= 11 is 0. The molecule has 0 radical (unpaired) electrons. The fourth-order valence-electron chi connectivity index (χ4n) is 4.52. The van der Waals surface area contributed by atoms with Crippen LogP contribution in [-0.4, -0.2) is 37.3 Å². The molecule has 0 unspecified atom stereocenters. The summed E-state index contributed by atoms with van der Waals surface area (Å²) in [5.74, 6) is 0.816. The Kier molecular flexibility index (Phi) is 3.46. The van der Waals surface area contributed by atoms with Gasteiger partial charge in [-0.15, -0.1) is 0 Å². The van der Waals surface area contributed by atoms with Crippen molar-refractivity contribution in [3.63, 3.8) is 0 Å². The molecule has 3 saturated heterocycles. The molecular formula is C21H23NO4. The van der Waals surface area contributed by atoms with Gasteiger partial charge < -0.3 is 18.9 Å². The quantitative estimate of drug-likeness (QED) is 0.847. The maximum absolute atomic E-state index is 6.67. The number of rotatable bonds is 3. The average Bonchev–Trinajstić information content (AvgIpc) is 3.31. The third kappa shape index (κ3) is 2.06. The second-order valence-electron chi connectivity index (χ2n) is 7.49. The first-order valence-corrected chi connectivity index (χ1v) is 9.01. The number of benzene rings is 2. The van der Waals surface area contributed by atoms with Crippen molar-refractivity contribution in [2.75, 3.05) is 13.7 Å². The molecule has 26 heavy (non-hydrogen) atoms. The van der Waals surface area contributed by atoms with Crippen LogP contribution < -0.4 is 4.74 Å². The van der Waals surface area contributed by atoms with Crippen molar-refractivity contribution in [2.45, 2.75) is 43.7 Å². The van der Waals surface area contributed by atoms with Crippen molar-refractivity contribution < 1.29 is 18.9 Å².